The Bertz CT molecular complexity index is 244. The Hall–Kier alpha value is -0.410. The minimum absolute atomic E-state index is 0.0590. The highest BCUT2D eigenvalue weighted by molar-refractivity contribution is 5.91. The molecule has 4 fully saturated rings. The molecule has 0 unspecified atom stereocenters. The number of ketones is 1. The van der Waals surface area contributed by atoms with Gasteiger partial charge in [-0.05, 0) is 0 Å². The van der Waals surface area contributed by atoms with Gasteiger partial charge in [-0.2, -0.15) is 0 Å². The summed E-state index contributed by atoms with van der Waals surface area (Å²) in [6.45, 7) is 4.15. The molecule has 0 amide bonds. The molecule has 6 atom stereocenters. The average molecular weight is 168 g/mol. The lowest BCUT2D eigenvalue weighted by Gasteiger charge is -2.34. The van der Waals surface area contributed by atoms with Crippen LogP contribution in [-0.4, -0.2) is 30.2 Å². The Labute approximate surface area is 71.0 Å². The maximum atomic E-state index is 11.5. The monoisotopic (exact) mass is 168 g/mol. The number of rotatable bonds is 0. The van der Waals surface area contributed by atoms with E-state index in [4.69, 9.17) is 9.47 Å². The summed E-state index contributed by atoms with van der Waals surface area (Å²) in [7, 11) is 0. The van der Waals surface area contributed by atoms with Crippen LogP contribution in [0.5, 0.6) is 0 Å². The van der Waals surface area contributed by atoms with Gasteiger partial charge >= 0.3 is 0 Å². The second-order valence-electron chi connectivity index (χ2n) is 4.16. The van der Waals surface area contributed by atoms with Gasteiger partial charge in [0.05, 0.1) is 12.2 Å². The molecule has 0 radical (unpaired) electrons. The molecule has 4 saturated heterocycles. The number of hydrogen-bond donors (Lipinski definition) is 0. The fourth-order valence-corrected chi connectivity index (χ4v) is 2.81. The largest absolute Gasteiger partial charge is 0.364 e. The third kappa shape index (κ3) is 0.559. The molecular formula is C9H12O3. The van der Waals surface area contributed by atoms with Crippen molar-refractivity contribution in [3.05, 3.63) is 0 Å². The topological polar surface area (TPSA) is 35.5 Å². The Kier molecular flexibility index (Phi) is 1.12. The maximum Gasteiger partial charge on any atom is 0.193 e. The average Bonchev–Trinajstić information content (AvgIpc) is 2.43. The molecule has 4 rings (SSSR count). The lowest BCUT2D eigenvalue weighted by Crippen LogP contribution is -2.45. The molecule has 4 aliphatic rings. The zero-order valence-corrected chi connectivity index (χ0v) is 7.19. The van der Waals surface area contributed by atoms with E-state index < -0.39 is 0 Å². The summed E-state index contributed by atoms with van der Waals surface area (Å²) in [6.07, 6.45) is -0.0682. The summed E-state index contributed by atoms with van der Waals surface area (Å²) < 4.78 is 11.2. The first-order valence-corrected chi connectivity index (χ1v) is 4.55. The summed E-state index contributed by atoms with van der Waals surface area (Å²) in [5.41, 5.74) is 0. The van der Waals surface area contributed by atoms with Crippen LogP contribution in [0.2, 0.25) is 0 Å². The minimum atomic E-state index is -0.230. The van der Waals surface area contributed by atoms with Crippen LogP contribution >= 0.6 is 0 Å². The van der Waals surface area contributed by atoms with Gasteiger partial charge in [-0.1, -0.05) is 13.8 Å². The van der Waals surface area contributed by atoms with Gasteiger partial charge in [0.15, 0.2) is 5.78 Å². The number of ether oxygens (including phenoxy) is 2. The van der Waals surface area contributed by atoms with Crippen LogP contribution < -0.4 is 0 Å². The normalized spacial score (nSPS) is 61.7. The van der Waals surface area contributed by atoms with Crippen LogP contribution in [0.25, 0.3) is 0 Å². The van der Waals surface area contributed by atoms with Crippen molar-refractivity contribution in [1.82, 2.24) is 0 Å². The number of carbonyl (C=O) groups is 1. The highest BCUT2D eigenvalue weighted by Crippen LogP contribution is 2.47. The van der Waals surface area contributed by atoms with Crippen LogP contribution in [0.3, 0.4) is 0 Å². The van der Waals surface area contributed by atoms with E-state index in [-0.39, 0.29) is 36.1 Å². The summed E-state index contributed by atoms with van der Waals surface area (Å²) >= 11 is 0. The molecule has 3 heteroatoms. The molecule has 0 saturated carbocycles. The molecule has 0 spiro atoms. The van der Waals surface area contributed by atoms with E-state index in [0.717, 1.165) is 0 Å². The zero-order valence-electron chi connectivity index (χ0n) is 7.19. The predicted octanol–water partition coefficient (Wildman–Crippen LogP) is 0.376. The lowest BCUT2D eigenvalue weighted by atomic mass is 9.87. The Balaban J connectivity index is 2.06. The van der Waals surface area contributed by atoms with Gasteiger partial charge in [0, 0.05) is 11.8 Å². The van der Waals surface area contributed by atoms with E-state index in [0.29, 0.717) is 5.92 Å². The van der Waals surface area contributed by atoms with E-state index in [9.17, 15) is 4.79 Å². The molecule has 4 aliphatic heterocycles. The lowest BCUT2D eigenvalue weighted by molar-refractivity contribution is -0.151. The Morgan fingerprint density at radius 2 is 1.67 bits per heavy atom. The van der Waals surface area contributed by atoms with Crippen molar-refractivity contribution in [2.24, 2.45) is 11.8 Å². The van der Waals surface area contributed by atoms with E-state index in [1.807, 2.05) is 6.92 Å². The second kappa shape index (κ2) is 1.91. The molecule has 0 aliphatic carbocycles. The Morgan fingerprint density at radius 1 is 1.00 bits per heavy atom. The summed E-state index contributed by atoms with van der Waals surface area (Å²) in [5, 5.41) is 0. The van der Waals surface area contributed by atoms with Gasteiger partial charge in [0.1, 0.15) is 12.2 Å². The summed E-state index contributed by atoms with van der Waals surface area (Å²) in [6, 6.07) is 0. The molecule has 12 heavy (non-hydrogen) atoms. The predicted molar refractivity (Wildman–Crippen MR) is 40.7 cm³/mol. The van der Waals surface area contributed by atoms with Crippen molar-refractivity contribution in [1.29, 1.82) is 0 Å². The van der Waals surface area contributed by atoms with Crippen LogP contribution in [0, 0.1) is 11.8 Å². The maximum absolute atomic E-state index is 11.5. The third-order valence-corrected chi connectivity index (χ3v) is 3.50. The van der Waals surface area contributed by atoms with Crippen molar-refractivity contribution in [3.63, 3.8) is 0 Å². The SMILES string of the molecule is C[C@@H]1[C@@H]2O[C@H]3C(=O)[C@H](O[C@H]13)[C@@H]2C. The standard InChI is InChI=1S/C9H12O3/c1-3-6-4(2)8-9(11-6)5(10)7(3)12-8/h3-4,6-9H,1-2H3/t3-,4-,6-,7-,8-,9+/m1/s1. The number of hydrogen-bond acceptors (Lipinski definition) is 3. The molecule has 4 bridgehead atoms. The first-order chi connectivity index (χ1) is 5.70. The van der Waals surface area contributed by atoms with Gasteiger partial charge in [-0.3, -0.25) is 4.79 Å². The number of carbonyl (C=O) groups excluding carboxylic acids is 1. The van der Waals surface area contributed by atoms with Crippen LogP contribution in [-0.2, 0) is 14.3 Å². The third-order valence-electron chi connectivity index (χ3n) is 3.50. The highest BCUT2D eigenvalue weighted by Gasteiger charge is 2.63. The van der Waals surface area contributed by atoms with Gasteiger partial charge in [0.25, 0.3) is 0 Å². The van der Waals surface area contributed by atoms with E-state index in [1.165, 1.54) is 0 Å². The highest BCUT2D eigenvalue weighted by atomic mass is 16.6. The molecule has 0 N–H and O–H groups in total. The fraction of sp³-hybridized carbons (Fsp3) is 0.889. The van der Waals surface area contributed by atoms with E-state index in [2.05, 4.69) is 6.92 Å². The van der Waals surface area contributed by atoms with Crippen LogP contribution in [0.4, 0.5) is 0 Å². The molecule has 4 heterocycles. The molecular weight excluding hydrogens is 156 g/mol. The molecule has 0 aromatic rings. The molecule has 66 valence electrons. The first-order valence-electron chi connectivity index (χ1n) is 4.55. The summed E-state index contributed by atoms with van der Waals surface area (Å²) in [4.78, 5) is 11.5. The van der Waals surface area contributed by atoms with Crippen molar-refractivity contribution in [2.45, 2.75) is 38.3 Å². The minimum Gasteiger partial charge on any atom is -0.364 e. The smallest absolute Gasteiger partial charge is 0.193 e. The Morgan fingerprint density at radius 3 is 2.33 bits per heavy atom. The second-order valence-corrected chi connectivity index (χ2v) is 4.16. The van der Waals surface area contributed by atoms with Crippen molar-refractivity contribution in [2.75, 3.05) is 0 Å². The van der Waals surface area contributed by atoms with Gasteiger partial charge < -0.3 is 9.47 Å². The van der Waals surface area contributed by atoms with Gasteiger partial charge in [-0.25, -0.2) is 0 Å². The quantitative estimate of drug-likeness (QED) is 0.524. The molecule has 0 aromatic carbocycles. The summed E-state index contributed by atoms with van der Waals surface area (Å²) in [5.74, 6) is 0.822. The molecule has 3 nitrogen and oxygen atoms in total. The fourth-order valence-electron chi connectivity index (χ4n) is 2.81. The van der Waals surface area contributed by atoms with Crippen LogP contribution in [0.15, 0.2) is 0 Å². The van der Waals surface area contributed by atoms with Crippen molar-refractivity contribution in [3.8, 4) is 0 Å². The van der Waals surface area contributed by atoms with E-state index >= 15 is 0 Å². The van der Waals surface area contributed by atoms with Gasteiger partial charge in [-0.15, -0.1) is 0 Å². The molecule has 0 aromatic heterocycles. The van der Waals surface area contributed by atoms with Crippen LogP contribution in [0.1, 0.15) is 13.8 Å². The zero-order chi connectivity index (χ0) is 8.46. The number of Topliss-reactive ketones (excluding diaryl/α,β-unsaturated/α-hetero) is 1. The van der Waals surface area contributed by atoms with E-state index in [1.54, 1.807) is 0 Å². The van der Waals surface area contributed by atoms with Gasteiger partial charge in [0.2, 0.25) is 0 Å². The van der Waals surface area contributed by atoms with Crippen molar-refractivity contribution < 1.29 is 14.3 Å². The van der Waals surface area contributed by atoms with Crippen molar-refractivity contribution >= 4 is 5.78 Å². The first kappa shape index (κ1) is 7.04.